The number of aromatic nitrogens is 5. The van der Waals surface area contributed by atoms with Crippen LogP contribution in [-0.4, -0.2) is 44.7 Å². The summed E-state index contributed by atoms with van der Waals surface area (Å²) in [6, 6.07) is 8.88. The van der Waals surface area contributed by atoms with Crippen molar-refractivity contribution in [3.8, 4) is 39.8 Å². The Labute approximate surface area is 230 Å². The van der Waals surface area contributed by atoms with Gasteiger partial charge in [0.15, 0.2) is 23.2 Å². The number of benzene rings is 2. The highest BCUT2D eigenvalue weighted by Gasteiger charge is 2.35. The van der Waals surface area contributed by atoms with Gasteiger partial charge in [-0.25, -0.2) is 18.7 Å². The highest BCUT2D eigenvalue weighted by molar-refractivity contribution is 5.66. The van der Waals surface area contributed by atoms with Crippen LogP contribution in [0.3, 0.4) is 0 Å². The van der Waals surface area contributed by atoms with E-state index in [0.717, 1.165) is 25.0 Å². The lowest BCUT2D eigenvalue weighted by molar-refractivity contribution is -0.137. The molecule has 2 aromatic carbocycles. The molecule has 6 rings (SSSR count). The van der Waals surface area contributed by atoms with Gasteiger partial charge in [-0.1, -0.05) is 11.2 Å². The molecule has 1 saturated heterocycles. The van der Waals surface area contributed by atoms with Gasteiger partial charge >= 0.3 is 6.18 Å². The number of alkyl halides is 3. The van der Waals surface area contributed by atoms with Crippen LogP contribution in [0.1, 0.15) is 24.2 Å². The molecule has 0 spiro atoms. The molecule has 1 aromatic heterocycles. The smallest absolute Gasteiger partial charge is 0.417 e. The zero-order chi connectivity index (χ0) is 28.6. The van der Waals surface area contributed by atoms with E-state index in [9.17, 15) is 22.0 Å². The molecular formula is C28H22F5N5O3. The third-order valence-electron chi connectivity index (χ3n) is 6.78. The summed E-state index contributed by atoms with van der Waals surface area (Å²) in [4.78, 5) is 8.47. The molecule has 212 valence electrons. The molecule has 0 bridgehead atoms. The molecule has 3 aliphatic rings. The first-order chi connectivity index (χ1) is 19.7. The monoisotopic (exact) mass is 571 g/mol. The van der Waals surface area contributed by atoms with Crippen molar-refractivity contribution in [1.82, 2.24) is 24.9 Å². The molecule has 0 aliphatic carbocycles. The van der Waals surface area contributed by atoms with Crippen molar-refractivity contribution in [3.63, 3.8) is 0 Å². The topological polar surface area (TPSA) is 88.1 Å². The van der Waals surface area contributed by atoms with E-state index in [-0.39, 0.29) is 46.6 Å². The summed E-state index contributed by atoms with van der Waals surface area (Å²) in [7, 11) is 0. The average Bonchev–Trinajstić information content (AvgIpc) is 3.60. The summed E-state index contributed by atoms with van der Waals surface area (Å²) in [5.41, 5.74) is -0.419. The molecule has 3 aliphatic heterocycles. The minimum absolute atomic E-state index is 0.00151. The van der Waals surface area contributed by atoms with Crippen LogP contribution in [-0.2, 0) is 17.5 Å². The lowest BCUT2D eigenvalue weighted by Crippen LogP contribution is -2.21. The third-order valence-corrected chi connectivity index (χ3v) is 6.78. The van der Waals surface area contributed by atoms with Gasteiger partial charge in [-0.05, 0) is 49.1 Å². The number of imidazole rings is 1. The Bertz CT molecular complexity index is 1640. The standard InChI is InChI=1S/C28H22F5N5O3/c29-22-3-1-2-20(26(22)30)27-35-24-12-34-38(14-25(24)36-27)13-18-11-23(37-41-18)19-5-4-17(10-21(19)28(31,32)33)40-15-16-6-8-39-9-7-16/h1-5,10-12,14,16H,6-9,13,15H2. The van der Waals surface area contributed by atoms with Gasteiger partial charge in [-0.2, -0.15) is 18.3 Å². The van der Waals surface area contributed by atoms with E-state index in [2.05, 4.69) is 20.2 Å². The van der Waals surface area contributed by atoms with Crippen molar-refractivity contribution in [2.75, 3.05) is 19.8 Å². The Morgan fingerprint density at radius 3 is 2.56 bits per heavy atom. The second-order valence-electron chi connectivity index (χ2n) is 9.64. The largest absolute Gasteiger partial charge is 0.493 e. The highest BCUT2D eigenvalue weighted by Crippen LogP contribution is 2.39. The van der Waals surface area contributed by atoms with Gasteiger partial charge in [0.05, 0.1) is 30.1 Å². The maximum atomic E-state index is 14.2. The molecule has 13 heteroatoms. The summed E-state index contributed by atoms with van der Waals surface area (Å²) >= 11 is 0. The number of hydrogen-bond donors (Lipinski definition) is 0. The van der Waals surface area contributed by atoms with Crippen molar-refractivity contribution < 1.29 is 35.9 Å². The van der Waals surface area contributed by atoms with Crippen molar-refractivity contribution in [2.45, 2.75) is 25.6 Å². The van der Waals surface area contributed by atoms with Crippen molar-refractivity contribution >= 4 is 0 Å². The SMILES string of the molecule is Fc1cccc(-c2nc3cnn(Cc4cc(-c5ccc(OCC6CCOCC6)cc5C(F)(F)F)no4)cc-3n2)c1F. The first-order valence-corrected chi connectivity index (χ1v) is 12.8. The van der Waals surface area contributed by atoms with Gasteiger partial charge in [0.1, 0.15) is 29.4 Å². The number of nitrogens with zero attached hydrogens (tertiary/aromatic N) is 5. The van der Waals surface area contributed by atoms with E-state index in [1.54, 1.807) is 0 Å². The summed E-state index contributed by atoms with van der Waals surface area (Å²) in [5, 5.41) is 8.07. The van der Waals surface area contributed by atoms with E-state index in [1.165, 1.54) is 47.4 Å². The first-order valence-electron chi connectivity index (χ1n) is 12.8. The van der Waals surface area contributed by atoms with E-state index in [4.69, 9.17) is 14.0 Å². The van der Waals surface area contributed by atoms with Crippen molar-refractivity contribution in [3.05, 3.63) is 77.8 Å². The number of rotatable bonds is 7. The number of halogens is 5. The average molecular weight is 572 g/mol. The fourth-order valence-corrected chi connectivity index (χ4v) is 4.62. The predicted molar refractivity (Wildman–Crippen MR) is 135 cm³/mol. The molecule has 1 fully saturated rings. The first kappa shape index (κ1) is 26.8. The molecule has 3 aromatic rings. The van der Waals surface area contributed by atoms with E-state index in [1.807, 2.05) is 0 Å². The molecule has 0 radical (unpaired) electrons. The van der Waals surface area contributed by atoms with Crippen LogP contribution in [0, 0.1) is 17.6 Å². The lowest BCUT2D eigenvalue weighted by Gasteiger charge is -2.22. The van der Waals surface area contributed by atoms with Crippen LogP contribution < -0.4 is 4.74 Å². The Morgan fingerprint density at radius 2 is 1.76 bits per heavy atom. The molecule has 0 saturated carbocycles. The number of ether oxygens (including phenoxy) is 2. The van der Waals surface area contributed by atoms with Gasteiger partial charge in [-0.3, -0.25) is 4.68 Å². The van der Waals surface area contributed by atoms with E-state index in [0.29, 0.717) is 31.2 Å². The second kappa shape index (κ2) is 10.9. The maximum Gasteiger partial charge on any atom is 0.417 e. The maximum absolute atomic E-state index is 14.2. The van der Waals surface area contributed by atoms with Crippen LogP contribution in [0.4, 0.5) is 22.0 Å². The zero-order valence-corrected chi connectivity index (χ0v) is 21.4. The molecule has 0 unspecified atom stereocenters. The molecular weight excluding hydrogens is 549 g/mol. The second-order valence-corrected chi connectivity index (χ2v) is 9.64. The molecule has 0 atom stereocenters. The van der Waals surface area contributed by atoms with Gasteiger partial charge in [0, 0.05) is 24.8 Å². The fraction of sp³-hybridized carbons (Fsp3) is 0.286. The fourth-order valence-electron chi connectivity index (χ4n) is 4.62. The van der Waals surface area contributed by atoms with Crippen LogP contribution in [0.2, 0.25) is 0 Å². The van der Waals surface area contributed by atoms with Crippen LogP contribution in [0.25, 0.3) is 34.0 Å². The summed E-state index contributed by atoms with van der Waals surface area (Å²) < 4.78 is 87.5. The summed E-state index contributed by atoms with van der Waals surface area (Å²) in [5.74, 6) is -1.49. The molecule has 4 heterocycles. The molecule has 0 N–H and O–H groups in total. The van der Waals surface area contributed by atoms with Crippen molar-refractivity contribution in [1.29, 1.82) is 0 Å². The molecule has 8 nitrogen and oxygen atoms in total. The number of fused-ring (bicyclic) bond motifs is 1. The normalized spacial score (nSPS) is 14.6. The van der Waals surface area contributed by atoms with Crippen molar-refractivity contribution in [2.24, 2.45) is 5.92 Å². The molecule has 41 heavy (non-hydrogen) atoms. The quantitative estimate of drug-likeness (QED) is 0.213. The van der Waals surface area contributed by atoms with Crippen LogP contribution in [0.5, 0.6) is 5.75 Å². The zero-order valence-electron chi connectivity index (χ0n) is 21.4. The van der Waals surface area contributed by atoms with Crippen LogP contribution >= 0.6 is 0 Å². The minimum Gasteiger partial charge on any atom is -0.493 e. The highest BCUT2D eigenvalue weighted by atomic mass is 19.4. The Balaban J connectivity index is 1.21. The van der Waals surface area contributed by atoms with Gasteiger partial charge in [0.2, 0.25) is 0 Å². The van der Waals surface area contributed by atoms with Crippen LogP contribution in [0.15, 0.2) is 59.4 Å². The minimum atomic E-state index is -4.65. The Hall–Kier alpha value is -4.39. The summed E-state index contributed by atoms with van der Waals surface area (Å²) in [6.07, 6.45) is -0.144. The van der Waals surface area contributed by atoms with Gasteiger partial charge in [-0.15, -0.1) is 0 Å². The summed E-state index contributed by atoms with van der Waals surface area (Å²) in [6.45, 7) is 1.57. The predicted octanol–water partition coefficient (Wildman–Crippen LogP) is 6.25. The Kier molecular flexibility index (Phi) is 7.12. The van der Waals surface area contributed by atoms with Gasteiger partial charge < -0.3 is 14.0 Å². The molecule has 0 amide bonds. The third kappa shape index (κ3) is 5.75. The Morgan fingerprint density at radius 1 is 0.951 bits per heavy atom. The number of hydrogen-bond acceptors (Lipinski definition) is 7. The lowest BCUT2D eigenvalue weighted by atomic mass is 10.0. The van der Waals surface area contributed by atoms with E-state index < -0.39 is 23.4 Å². The van der Waals surface area contributed by atoms with E-state index >= 15 is 0 Å². The van der Waals surface area contributed by atoms with Gasteiger partial charge in [0.25, 0.3) is 0 Å².